The zero-order chi connectivity index (χ0) is 21.2. The van der Waals surface area contributed by atoms with Crippen molar-refractivity contribution in [2.75, 3.05) is 6.61 Å². The van der Waals surface area contributed by atoms with Crippen LogP contribution in [-0.4, -0.2) is 28.1 Å². The summed E-state index contributed by atoms with van der Waals surface area (Å²) in [7, 11) is -1.60. The van der Waals surface area contributed by atoms with E-state index in [0.717, 1.165) is 42.6 Å². The average Bonchev–Trinajstić information content (AvgIpc) is 2.70. The van der Waals surface area contributed by atoms with Gasteiger partial charge in [0.15, 0.2) is 0 Å². The molecule has 1 aliphatic rings. The van der Waals surface area contributed by atoms with E-state index in [4.69, 9.17) is 13.6 Å². The van der Waals surface area contributed by atoms with Crippen molar-refractivity contribution in [3.8, 4) is 5.75 Å². The Morgan fingerprint density at radius 1 is 0.897 bits per heavy atom. The maximum absolute atomic E-state index is 5.99. The van der Waals surface area contributed by atoms with Crippen LogP contribution in [0.4, 0.5) is 0 Å². The van der Waals surface area contributed by atoms with Gasteiger partial charge in [0.1, 0.15) is 5.75 Å². The molecule has 0 N–H and O–H groups in total. The zero-order valence-corrected chi connectivity index (χ0v) is 20.8. The summed E-state index contributed by atoms with van der Waals surface area (Å²) in [6.45, 7) is 13.8. The smallest absolute Gasteiger partial charge is 0.321 e. The van der Waals surface area contributed by atoms with Gasteiger partial charge in [-0.25, -0.2) is 0 Å². The molecule has 0 spiro atoms. The summed E-state index contributed by atoms with van der Waals surface area (Å²) in [5.74, 6) is 3.53. The highest BCUT2D eigenvalue weighted by atomic mass is 28.3. The van der Waals surface area contributed by atoms with E-state index in [1.54, 1.807) is 0 Å². The van der Waals surface area contributed by atoms with E-state index < -0.39 is 9.28 Å². The highest BCUT2D eigenvalue weighted by molar-refractivity contribution is 6.44. The second-order valence-electron chi connectivity index (χ2n) is 9.36. The first-order valence-electron chi connectivity index (χ1n) is 11.9. The van der Waals surface area contributed by atoms with Crippen molar-refractivity contribution in [2.24, 2.45) is 11.8 Å². The summed E-state index contributed by atoms with van der Waals surface area (Å²) in [5, 5.41) is 0. The molecule has 3 nitrogen and oxygen atoms in total. The number of hydrogen-bond acceptors (Lipinski definition) is 3. The first-order chi connectivity index (χ1) is 13.9. The molecule has 0 radical (unpaired) electrons. The molecule has 0 saturated heterocycles. The van der Waals surface area contributed by atoms with E-state index in [9.17, 15) is 0 Å². The normalized spacial score (nSPS) is 21.1. The van der Waals surface area contributed by atoms with Gasteiger partial charge in [0.2, 0.25) is 0 Å². The van der Waals surface area contributed by atoms with Gasteiger partial charge < -0.3 is 13.6 Å². The van der Waals surface area contributed by atoms with Crippen LogP contribution in [0, 0.1) is 11.8 Å². The predicted molar refractivity (Wildman–Crippen MR) is 125 cm³/mol. The third-order valence-corrected chi connectivity index (χ3v) is 8.85. The number of rotatable bonds is 12. The third-order valence-electron chi connectivity index (χ3n) is 6.27. The maximum atomic E-state index is 5.99. The molecule has 1 aromatic rings. The average molecular weight is 421 g/mol. The third kappa shape index (κ3) is 8.81. The summed E-state index contributed by atoms with van der Waals surface area (Å²) in [4.78, 5) is 0. The Bertz CT molecular complexity index is 540. The van der Waals surface area contributed by atoms with Gasteiger partial charge >= 0.3 is 9.28 Å². The molecule has 166 valence electrons. The summed E-state index contributed by atoms with van der Waals surface area (Å²) in [5.41, 5.74) is 1.49. The fourth-order valence-electron chi connectivity index (χ4n) is 4.41. The van der Waals surface area contributed by atoms with Gasteiger partial charge in [-0.1, -0.05) is 32.4 Å². The molecular formula is C25H44O3Si. The molecule has 1 saturated carbocycles. The lowest BCUT2D eigenvalue weighted by Crippen LogP contribution is -2.29. The van der Waals surface area contributed by atoms with Crippen molar-refractivity contribution in [3.63, 3.8) is 0 Å². The van der Waals surface area contributed by atoms with Crippen molar-refractivity contribution in [1.29, 1.82) is 0 Å². The maximum Gasteiger partial charge on any atom is 0.321 e. The standard InChI is InChI=1S/C25H44O3Si/c1-7-21(6)22-9-11-23(12-10-22)24-13-15-25(16-14-24)26-17-8-18-29(27-19(2)3)28-20(4)5/h13-16,19-23,29H,7-12,17-18H2,1-6H3/t21?,22-,23-. The van der Waals surface area contributed by atoms with Crippen molar-refractivity contribution in [3.05, 3.63) is 29.8 Å². The van der Waals surface area contributed by atoms with Crippen molar-refractivity contribution in [1.82, 2.24) is 0 Å². The molecule has 0 aromatic heterocycles. The Morgan fingerprint density at radius 3 is 2.00 bits per heavy atom. The molecule has 1 aromatic carbocycles. The monoisotopic (exact) mass is 420 g/mol. The van der Waals surface area contributed by atoms with Crippen LogP contribution in [0.15, 0.2) is 24.3 Å². The molecule has 29 heavy (non-hydrogen) atoms. The number of benzene rings is 1. The molecule has 4 heteroatoms. The number of hydrogen-bond donors (Lipinski definition) is 0. The van der Waals surface area contributed by atoms with Crippen molar-refractivity contribution in [2.45, 2.75) is 104 Å². The molecule has 0 amide bonds. The van der Waals surface area contributed by atoms with Gasteiger partial charge in [-0.15, -0.1) is 0 Å². The topological polar surface area (TPSA) is 27.7 Å². The second-order valence-corrected chi connectivity index (χ2v) is 11.3. The van der Waals surface area contributed by atoms with Crippen LogP contribution >= 0.6 is 0 Å². The minimum absolute atomic E-state index is 0.235. The molecule has 1 fully saturated rings. The summed E-state index contributed by atoms with van der Waals surface area (Å²) >= 11 is 0. The second kappa shape index (κ2) is 12.8. The summed E-state index contributed by atoms with van der Waals surface area (Å²) < 4.78 is 18.0. The zero-order valence-electron chi connectivity index (χ0n) is 19.7. The van der Waals surface area contributed by atoms with Crippen molar-refractivity contribution < 1.29 is 13.6 Å². The highest BCUT2D eigenvalue weighted by Gasteiger charge is 2.25. The Morgan fingerprint density at radius 2 is 1.48 bits per heavy atom. The van der Waals surface area contributed by atoms with Gasteiger partial charge in [0.25, 0.3) is 0 Å². The first-order valence-corrected chi connectivity index (χ1v) is 13.7. The molecular weight excluding hydrogens is 376 g/mol. The highest BCUT2D eigenvalue weighted by Crippen LogP contribution is 2.39. The molecule has 0 bridgehead atoms. The lowest BCUT2D eigenvalue weighted by atomic mass is 9.74. The Kier molecular flexibility index (Phi) is 10.7. The molecule has 0 aliphatic heterocycles. The van der Waals surface area contributed by atoms with Gasteiger partial charge in [0, 0.05) is 12.2 Å². The lowest BCUT2D eigenvalue weighted by Gasteiger charge is -2.32. The van der Waals surface area contributed by atoms with E-state index in [2.05, 4.69) is 65.8 Å². The largest absolute Gasteiger partial charge is 0.494 e. The van der Waals surface area contributed by atoms with Crippen LogP contribution in [0.1, 0.15) is 91.5 Å². The Balaban J connectivity index is 1.72. The van der Waals surface area contributed by atoms with Crippen LogP contribution in [0.5, 0.6) is 5.75 Å². The molecule has 1 unspecified atom stereocenters. The fourth-order valence-corrected chi connectivity index (χ4v) is 6.46. The first kappa shape index (κ1) is 24.4. The van der Waals surface area contributed by atoms with E-state index in [1.165, 1.54) is 37.7 Å². The molecule has 2 rings (SSSR count). The van der Waals surface area contributed by atoms with Crippen molar-refractivity contribution >= 4 is 9.28 Å². The Hall–Kier alpha value is -0.843. The summed E-state index contributed by atoms with van der Waals surface area (Å²) in [6.07, 6.45) is 8.23. The van der Waals surface area contributed by atoms with Crippen LogP contribution < -0.4 is 4.74 Å². The quantitative estimate of drug-likeness (QED) is 0.273. The molecule has 0 heterocycles. The van der Waals surface area contributed by atoms with E-state index in [0.29, 0.717) is 0 Å². The van der Waals surface area contributed by atoms with E-state index in [-0.39, 0.29) is 12.2 Å². The minimum atomic E-state index is -1.60. The van der Waals surface area contributed by atoms with Crippen LogP contribution in [0.25, 0.3) is 0 Å². The van der Waals surface area contributed by atoms with E-state index >= 15 is 0 Å². The minimum Gasteiger partial charge on any atom is -0.494 e. The molecule has 1 atom stereocenters. The van der Waals surface area contributed by atoms with E-state index in [1.807, 2.05) is 0 Å². The number of ether oxygens (including phenoxy) is 1. The van der Waals surface area contributed by atoms with Crippen LogP contribution in [0.2, 0.25) is 6.04 Å². The fraction of sp³-hybridized carbons (Fsp3) is 0.760. The Labute approximate surface area is 181 Å². The summed E-state index contributed by atoms with van der Waals surface area (Å²) in [6, 6.07) is 9.87. The predicted octanol–water partition coefficient (Wildman–Crippen LogP) is 6.85. The van der Waals surface area contributed by atoms with Gasteiger partial charge in [-0.3, -0.25) is 0 Å². The molecule has 1 aliphatic carbocycles. The van der Waals surface area contributed by atoms with Gasteiger partial charge in [0.05, 0.1) is 6.61 Å². The van der Waals surface area contributed by atoms with Gasteiger partial charge in [-0.05, 0) is 101 Å². The van der Waals surface area contributed by atoms with Crippen LogP contribution in [-0.2, 0) is 8.85 Å². The van der Waals surface area contributed by atoms with Gasteiger partial charge in [-0.2, -0.15) is 0 Å². The van der Waals surface area contributed by atoms with Crippen LogP contribution in [0.3, 0.4) is 0 Å². The SMILES string of the molecule is CCC(C)[C@H]1CC[C@H](c2ccc(OCCC[SiH](OC(C)C)OC(C)C)cc2)CC1. The lowest BCUT2D eigenvalue weighted by molar-refractivity contribution is 0.128.